The van der Waals surface area contributed by atoms with E-state index >= 15 is 0 Å². The minimum Gasteiger partial charge on any atom is -0.387 e. The number of pyridine rings is 1. The molecule has 0 spiro atoms. The first-order valence-corrected chi connectivity index (χ1v) is 14.9. The summed E-state index contributed by atoms with van der Waals surface area (Å²) in [5, 5.41) is 20.8. The Balaban J connectivity index is 1.52. The van der Waals surface area contributed by atoms with Crippen LogP contribution in [0.15, 0.2) is 40.2 Å². The molecule has 5 atom stereocenters. The molecule has 210 valence electrons. The molecule has 2 aromatic heterocycles. The van der Waals surface area contributed by atoms with Crippen LogP contribution in [0.4, 0.5) is 0 Å². The van der Waals surface area contributed by atoms with Crippen LogP contribution < -0.4 is 11.2 Å². The molecule has 0 radical (unpaired) electrons. The van der Waals surface area contributed by atoms with Crippen molar-refractivity contribution in [3.63, 3.8) is 0 Å². The number of nitrogens with zero attached hydrogens (tertiary/aromatic N) is 3. The van der Waals surface area contributed by atoms with E-state index in [0.29, 0.717) is 11.6 Å². The molecule has 0 bridgehead atoms. The van der Waals surface area contributed by atoms with E-state index in [4.69, 9.17) is 14.5 Å². The van der Waals surface area contributed by atoms with Gasteiger partial charge in [0.2, 0.25) is 0 Å². The average Bonchev–Trinajstić information content (AvgIpc) is 3.13. The predicted octanol–water partition coefficient (Wildman–Crippen LogP) is 0.346. The highest BCUT2D eigenvalue weighted by Gasteiger charge is 2.46. The van der Waals surface area contributed by atoms with Gasteiger partial charge in [-0.2, -0.15) is 4.31 Å². The Hall–Kier alpha value is -2.03. The SMILES string of the molecule is O=c1ccn([C@@H]2O[C@H](COP(=O)(O)OP(=O)(O)O)[C@H](O)[C@@H]2O)c(=O)n1Cc1cc(C2CCCCC2)ccn1. The molecule has 1 saturated heterocycles. The van der Waals surface area contributed by atoms with E-state index in [1.807, 2.05) is 12.1 Å². The van der Waals surface area contributed by atoms with Crippen LogP contribution in [0.25, 0.3) is 0 Å². The lowest BCUT2D eigenvalue weighted by atomic mass is 9.84. The quantitative estimate of drug-likeness (QED) is 0.254. The van der Waals surface area contributed by atoms with Gasteiger partial charge >= 0.3 is 21.3 Å². The molecule has 1 aliphatic carbocycles. The number of aliphatic hydroxyl groups is 2. The van der Waals surface area contributed by atoms with Gasteiger partial charge in [-0.3, -0.25) is 23.4 Å². The molecule has 2 fully saturated rings. The zero-order valence-corrected chi connectivity index (χ0v) is 21.8. The second-order valence-electron chi connectivity index (χ2n) is 9.23. The maximum absolute atomic E-state index is 13.2. The van der Waals surface area contributed by atoms with Crippen LogP contribution in [0.5, 0.6) is 0 Å². The molecule has 2 aliphatic rings. The van der Waals surface area contributed by atoms with Gasteiger partial charge < -0.3 is 29.6 Å². The highest BCUT2D eigenvalue weighted by Crippen LogP contribution is 2.57. The Bertz CT molecular complexity index is 1350. The van der Waals surface area contributed by atoms with E-state index in [9.17, 15) is 33.8 Å². The van der Waals surface area contributed by atoms with E-state index < -0.39 is 58.0 Å². The highest BCUT2D eigenvalue weighted by molar-refractivity contribution is 7.60. The van der Waals surface area contributed by atoms with Gasteiger partial charge in [-0.1, -0.05) is 19.3 Å². The first-order valence-electron chi connectivity index (χ1n) is 11.9. The lowest BCUT2D eigenvalue weighted by Gasteiger charge is -2.22. The molecule has 15 nitrogen and oxygen atoms in total. The predicted molar refractivity (Wildman–Crippen MR) is 129 cm³/mol. The summed E-state index contributed by atoms with van der Waals surface area (Å²) in [6.45, 7) is -1.07. The van der Waals surface area contributed by atoms with Gasteiger partial charge in [0.1, 0.15) is 18.3 Å². The molecule has 3 heterocycles. The topological polar surface area (TPSA) is 220 Å². The number of phosphoric ester groups is 1. The largest absolute Gasteiger partial charge is 0.481 e. The molecular formula is C21H29N3O12P2. The maximum Gasteiger partial charge on any atom is 0.481 e. The van der Waals surface area contributed by atoms with E-state index in [2.05, 4.69) is 13.8 Å². The summed E-state index contributed by atoms with van der Waals surface area (Å²) in [7, 11) is -10.6. The Morgan fingerprint density at radius 3 is 2.45 bits per heavy atom. The standard InChI is InChI=1S/C21H29N3O12P2/c25-17-7-9-23(20-19(27)18(26)16(35-20)12-34-38(32,33)36-37(29,30)31)21(28)24(17)11-15-10-14(6-8-22-15)13-4-2-1-3-5-13/h6-10,13,16,18-20,26-27H,1-5,11-12H2,(H,32,33)(H2,29,30,31)/t16-,18+,19+,20-/m1/s1. The summed E-state index contributed by atoms with van der Waals surface area (Å²) < 4.78 is 37.8. The van der Waals surface area contributed by atoms with Gasteiger partial charge in [-0.05, 0) is 36.5 Å². The van der Waals surface area contributed by atoms with Crippen molar-refractivity contribution in [2.45, 2.75) is 69.1 Å². The van der Waals surface area contributed by atoms with Gasteiger partial charge in [0.15, 0.2) is 6.23 Å². The fourth-order valence-electron chi connectivity index (χ4n) is 4.73. The number of phosphoric acid groups is 2. The van der Waals surface area contributed by atoms with Crippen LogP contribution >= 0.6 is 15.6 Å². The number of ether oxygens (including phenoxy) is 1. The molecule has 1 aliphatic heterocycles. The molecule has 0 aromatic carbocycles. The van der Waals surface area contributed by atoms with E-state index in [1.54, 1.807) is 6.20 Å². The molecule has 5 N–H and O–H groups in total. The minimum absolute atomic E-state index is 0.148. The van der Waals surface area contributed by atoms with Crippen LogP contribution in [0, 0.1) is 0 Å². The van der Waals surface area contributed by atoms with Gasteiger partial charge in [-0.25, -0.2) is 13.9 Å². The normalized spacial score (nSPS) is 26.3. The molecular weight excluding hydrogens is 548 g/mol. The molecule has 0 amide bonds. The third-order valence-corrected chi connectivity index (χ3v) is 8.71. The van der Waals surface area contributed by atoms with E-state index in [-0.39, 0.29) is 6.54 Å². The van der Waals surface area contributed by atoms with Crippen molar-refractivity contribution in [1.82, 2.24) is 14.1 Å². The maximum atomic E-state index is 13.2. The fourth-order valence-corrected chi connectivity index (χ4v) is 6.33. The lowest BCUT2D eigenvalue weighted by molar-refractivity contribution is -0.0547. The third-order valence-electron chi connectivity index (χ3n) is 6.56. The summed E-state index contributed by atoms with van der Waals surface area (Å²) in [4.78, 5) is 56.8. The molecule has 4 rings (SSSR count). The van der Waals surface area contributed by atoms with E-state index in [1.165, 1.54) is 6.42 Å². The van der Waals surface area contributed by atoms with Crippen molar-refractivity contribution in [2.75, 3.05) is 6.61 Å². The number of hydrogen-bond donors (Lipinski definition) is 5. The molecule has 1 saturated carbocycles. The minimum atomic E-state index is -5.37. The Morgan fingerprint density at radius 2 is 1.76 bits per heavy atom. The van der Waals surface area contributed by atoms with Crippen LogP contribution in [0.3, 0.4) is 0 Å². The highest BCUT2D eigenvalue weighted by atomic mass is 31.3. The first kappa shape index (κ1) is 29.0. The zero-order valence-electron chi connectivity index (χ0n) is 20.1. The van der Waals surface area contributed by atoms with Gasteiger partial charge in [-0.15, -0.1) is 0 Å². The third kappa shape index (κ3) is 6.93. The molecule has 17 heteroatoms. The Labute approximate surface area is 216 Å². The van der Waals surface area contributed by atoms with Gasteiger partial charge in [0.25, 0.3) is 5.56 Å². The van der Waals surface area contributed by atoms with Crippen molar-refractivity contribution < 1.29 is 47.6 Å². The zero-order chi connectivity index (χ0) is 27.7. The monoisotopic (exact) mass is 577 g/mol. The Morgan fingerprint density at radius 1 is 1.05 bits per heavy atom. The summed E-state index contributed by atoms with van der Waals surface area (Å²) in [6, 6.07) is 4.87. The second kappa shape index (κ2) is 11.6. The van der Waals surface area contributed by atoms with Gasteiger partial charge in [0.05, 0.1) is 18.8 Å². The fraction of sp³-hybridized carbons (Fsp3) is 0.571. The van der Waals surface area contributed by atoms with Crippen molar-refractivity contribution >= 4 is 15.6 Å². The number of aromatic nitrogens is 3. The van der Waals surface area contributed by atoms with Crippen molar-refractivity contribution in [2.24, 2.45) is 0 Å². The van der Waals surface area contributed by atoms with E-state index in [0.717, 1.165) is 52.6 Å². The van der Waals surface area contributed by atoms with Crippen LogP contribution in [-0.4, -0.2) is 63.9 Å². The number of aliphatic hydroxyl groups excluding tert-OH is 2. The first-order chi connectivity index (χ1) is 17.8. The summed E-state index contributed by atoms with van der Waals surface area (Å²) >= 11 is 0. The molecule has 2 aromatic rings. The van der Waals surface area contributed by atoms with Crippen LogP contribution in [-0.2, 0) is 29.2 Å². The van der Waals surface area contributed by atoms with Crippen LogP contribution in [0.2, 0.25) is 0 Å². The van der Waals surface area contributed by atoms with Crippen molar-refractivity contribution in [3.8, 4) is 0 Å². The number of rotatable bonds is 9. The van der Waals surface area contributed by atoms with Crippen LogP contribution in [0.1, 0.15) is 55.5 Å². The van der Waals surface area contributed by atoms with Gasteiger partial charge in [0, 0.05) is 18.5 Å². The molecule has 1 unspecified atom stereocenters. The molecule has 38 heavy (non-hydrogen) atoms. The van der Waals surface area contributed by atoms with Crippen molar-refractivity contribution in [1.29, 1.82) is 0 Å². The average molecular weight is 577 g/mol. The summed E-state index contributed by atoms with van der Waals surface area (Å²) in [5.41, 5.74) is 0.0918. The number of hydrogen-bond acceptors (Lipinski definition) is 10. The van der Waals surface area contributed by atoms with Crippen molar-refractivity contribution in [3.05, 3.63) is 62.7 Å². The summed E-state index contributed by atoms with van der Waals surface area (Å²) in [5.74, 6) is 0.388. The smallest absolute Gasteiger partial charge is 0.387 e. The summed E-state index contributed by atoms with van der Waals surface area (Å²) in [6.07, 6.45) is 1.85. The lowest BCUT2D eigenvalue weighted by Crippen LogP contribution is -2.43. The Kier molecular flexibility index (Phi) is 8.85. The second-order valence-corrected chi connectivity index (χ2v) is 12.1.